The van der Waals surface area contributed by atoms with Crippen LogP contribution < -0.4 is 14.8 Å². The van der Waals surface area contributed by atoms with Gasteiger partial charge in [-0.25, -0.2) is 8.42 Å². The van der Waals surface area contributed by atoms with Crippen LogP contribution in [0.1, 0.15) is 22.3 Å². The van der Waals surface area contributed by atoms with Crippen LogP contribution in [0.5, 0.6) is 5.75 Å². The van der Waals surface area contributed by atoms with Gasteiger partial charge in [0.2, 0.25) is 0 Å². The molecular formula is C19H20N2O4S. The molecule has 2 aromatic carbocycles. The maximum absolute atomic E-state index is 12.7. The van der Waals surface area contributed by atoms with E-state index in [-0.39, 0.29) is 16.4 Å². The van der Waals surface area contributed by atoms with Crippen molar-refractivity contribution in [3.63, 3.8) is 0 Å². The number of benzene rings is 2. The summed E-state index contributed by atoms with van der Waals surface area (Å²) < 4.78 is 33.4. The van der Waals surface area contributed by atoms with Crippen molar-refractivity contribution < 1.29 is 17.9 Å². The molecule has 7 heteroatoms. The van der Waals surface area contributed by atoms with E-state index >= 15 is 0 Å². The Morgan fingerprint density at radius 1 is 1.23 bits per heavy atom. The van der Waals surface area contributed by atoms with Gasteiger partial charge in [0.05, 0.1) is 11.5 Å². The van der Waals surface area contributed by atoms with Gasteiger partial charge in [-0.15, -0.1) is 6.58 Å². The molecule has 0 fully saturated rings. The fourth-order valence-electron chi connectivity index (χ4n) is 2.71. The van der Waals surface area contributed by atoms with E-state index in [9.17, 15) is 13.2 Å². The van der Waals surface area contributed by atoms with Crippen molar-refractivity contribution in [1.82, 2.24) is 5.32 Å². The molecule has 1 aliphatic heterocycles. The summed E-state index contributed by atoms with van der Waals surface area (Å²) in [5.41, 5.74) is 1.72. The van der Waals surface area contributed by atoms with E-state index in [2.05, 4.69) is 16.6 Å². The van der Waals surface area contributed by atoms with E-state index in [1.165, 1.54) is 18.2 Å². The molecule has 0 bridgehead atoms. The molecular weight excluding hydrogens is 352 g/mol. The minimum Gasteiger partial charge on any atom is -0.493 e. The molecule has 1 heterocycles. The van der Waals surface area contributed by atoms with Crippen molar-refractivity contribution in [2.45, 2.75) is 17.7 Å². The summed E-state index contributed by atoms with van der Waals surface area (Å²) in [7, 11) is -3.81. The molecule has 26 heavy (non-hydrogen) atoms. The van der Waals surface area contributed by atoms with Crippen molar-refractivity contribution in [2.75, 3.05) is 17.9 Å². The average Bonchev–Trinajstić information content (AvgIpc) is 2.66. The highest BCUT2D eigenvalue weighted by Gasteiger charge is 2.18. The Balaban J connectivity index is 1.82. The first kappa shape index (κ1) is 18.0. The fourth-order valence-corrected chi connectivity index (χ4v) is 3.80. The number of amides is 1. The van der Waals surface area contributed by atoms with Crippen LogP contribution in [0, 0.1) is 0 Å². The molecule has 2 aromatic rings. The molecule has 0 atom stereocenters. The number of carbonyl (C=O) groups excluding carboxylic acids is 1. The predicted molar refractivity (Wildman–Crippen MR) is 100 cm³/mol. The molecule has 136 valence electrons. The first-order valence-corrected chi connectivity index (χ1v) is 9.75. The van der Waals surface area contributed by atoms with Crippen LogP contribution in [0.3, 0.4) is 0 Å². The minimum atomic E-state index is -3.81. The number of hydrogen-bond donors (Lipinski definition) is 2. The Labute approximate surface area is 152 Å². The number of aryl methyl sites for hydroxylation is 1. The molecule has 0 aromatic heterocycles. The summed E-state index contributed by atoms with van der Waals surface area (Å²) in [6.45, 7) is 4.52. The number of hydrogen-bond acceptors (Lipinski definition) is 4. The largest absolute Gasteiger partial charge is 0.493 e. The van der Waals surface area contributed by atoms with E-state index < -0.39 is 10.0 Å². The molecule has 0 aliphatic carbocycles. The molecule has 2 N–H and O–H groups in total. The standard InChI is InChI=1S/C19H20N2O4S/c1-2-10-20-19(22)15-5-3-7-17(13-15)26(23,24)21-16-8-9-18-14(12-16)6-4-11-25-18/h2-3,5,7-9,12-13,21H,1,4,6,10-11H2,(H,20,22). The van der Waals surface area contributed by atoms with Crippen molar-refractivity contribution in [1.29, 1.82) is 0 Å². The molecule has 1 aliphatic rings. The van der Waals surface area contributed by atoms with Gasteiger partial charge in [-0.1, -0.05) is 12.1 Å². The monoisotopic (exact) mass is 372 g/mol. The smallest absolute Gasteiger partial charge is 0.261 e. The fraction of sp³-hybridized carbons (Fsp3) is 0.211. The second kappa shape index (κ2) is 7.61. The van der Waals surface area contributed by atoms with Crippen LogP contribution in [0.4, 0.5) is 5.69 Å². The molecule has 0 saturated carbocycles. The number of ether oxygens (including phenoxy) is 1. The van der Waals surface area contributed by atoms with Gasteiger partial charge in [0.25, 0.3) is 15.9 Å². The second-order valence-corrected chi connectivity index (χ2v) is 7.59. The number of nitrogens with one attached hydrogen (secondary N) is 2. The second-order valence-electron chi connectivity index (χ2n) is 5.91. The first-order valence-electron chi connectivity index (χ1n) is 8.27. The highest BCUT2D eigenvalue weighted by atomic mass is 32.2. The Hall–Kier alpha value is -2.80. The van der Waals surface area contributed by atoms with Crippen molar-refractivity contribution in [3.8, 4) is 5.75 Å². The number of carbonyl (C=O) groups is 1. The maximum Gasteiger partial charge on any atom is 0.261 e. The van der Waals surface area contributed by atoms with Crippen LogP contribution in [0.15, 0.2) is 60.0 Å². The van der Waals surface area contributed by atoms with Gasteiger partial charge in [-0.3, -0.25) is 9.52 Å². The van der Waals surface area contributed by atoms with Crippen LogP contribution in [-0.4, -0.2) is 27.5 Å². The highest BCUT2D eigenvalue weighted by Crippen LogP contribution is 2.28. The third-order valence-electron chi connectivity index (χ3n) is 3.97. The molecule has 6 nitrogen and oxygen atoms in total. The van der Waals surface area contributed by atoms with E-state index in [0.29, 0.717) is 18.8 Å². The lowest BCUT2D eigenvalue weighted by Gasteiger charge is -2.18. The van der Waals surface area contributed by atoms with Crippen LogP contribution in [0.25, 0.3) is 0 Å². The van der Waals surface area contributed by atoms with Gasteiger partial charge in [0, 0.05) is 17.8 Å². The summed E-state index contributed by atoms with van der Waals surface area (Å²) in [6, 6.07) is 11.1. The van der Waals surface area contributed by atoms with Crippen molar-refractivity contribution >= 4 is 21.6 Å². The predicted octanol–water partition coefficient (Wildman–Crippen LogP) is 2.73. The van der Waals surface area contributed by atoms with E-state index in [1.54, 1.807) is 30.3 Å². The Bertz CT molecular complexity index is 938. The average molecular weight is 372 g/mol. The number of sulfonamides is 1. The van der Waals surface area contributed by atoms with E-state index in [1.807, 2.05) is 0 Å². The van der Waals surface area contributed by atoms with Gasteiger partial charge in [-0.05, 0) is 54.8 Å². The van der Waals surface area contributed by atoms with Crippen molar-refractivity contribution in [3.05, 3.63) is 66.2 Å². The Morgan fingerprint density at radius 3 is 2.88 bits per heavy atom. The quantitative estimate of drug-likeness (QED) is 0.764. The van der Waals surface area contributed by atoms with Crippen LogP contribution in [0.2, 0.25) is 0 Å². The van der Waals surface area contributed by atoms with Gasteiger partial charge < -0.3 is 10.1 Å². The summed E-state index contributed by atoms with van der Waals surface area (Å²) >= 11 is 0. The van der Waals surface area contributed by atoms with Gasteiger partial charge in [0.15, 0.2) is 0 Å². The summed E-state index contributed by atoms with van der Waals surface area (Å²) in [4.78, 5) is 12.0. The zero-order valence-electron chi connectivity index (χ0n) is 14.2. The molecule has 0 unspecified atom stereocenters. The minimum absolute atomic E-state index is 0.0257. The maximum atomic E-state index is 12.7. The molecule has 0 radical (unpaired) electrons. The normalized spacial score (nSPS) is 13.2. The lowest BCUT2D eigenvalue weighted by atomic mass is 10.1. The molecule has 0 spiro atoms. The van der Waals surface area contributed by atoms with Gasteiger partial charge >= 0.3 is 0 Å². The molecule has 1 amide bonds. The number of fused-ring (bicyclic) bond motifs is 1. The van der Waals surface area contributed by atoms with E-state index in [0.717, 1.165) is 24.2 Å². The Kier molecular flexibility index (Phi) is 5.27. The summed E-state index contributed by atoms with van der Waals surface area (Å²) in [6.07, 6.45) is 3.31. The van der Waals surface area contributed by atoms with Crippen LogP contribution in [-0.2, 0) is 16.4 Å². The third-order valence-corrected chi connectivity index (χ3v) is 5.35. The van der Waals surface area contributed by atoms with E-state index in [4.69, 9.17) is 4.74 Å². The lowest BCUT2D eigenvalue weighted by Crippen LogP contribution is -2.23. The summed E-state index contributed by atoms with van der Waals surface area (Å²) in [5.74, 6) is 0.438. The number of rotatable bonds is 6. The summed E-state index contributed by atoms with van der Waals surface area (Å²) in [5, 5.41) is 2.63. The molecule has 3 rings (SSSR count). The lowest BCUT2D eigenvalue weighted by molar-refractivity contribution is 0.0958. The SMILES string of the molecule is C=CCNC(=O)c1cccc(S(=O)(=O)Nc2ccc3c(c2)CCCO3)c1. The van der Waals surface area contributed by atoms with Gasteiger partial charge in [-0.2, -0.15) is 0 Å². The van der Waals surface area contributed by atoms with Crippen LogP contribution >= 0.6 is 0 Å². The zero-order valence-corrected chi connectivity index (χ0v) is 15.0. The Morgan fingerprint density at radius 2 is 2.08 bits per heavy atom. The third kappa shape index (κ3) is 4.05. The topological polar surface area (TPSA) is 84.5 Å². The van der Waals surface area contributed by atoms with Crippen molar-refractivity contribution in [2.24, 2.45) is 0 Å². The zero-order chi connectivity index (χ0) is 18.6. The van der Waals surface area contributed by atoms with Gasteiger partial charge in [0.1, 0.15) is 5.75 Å². The number of anilines is 1. The highest BCUT2D eigenvalue weighted by molar-refractivity contribution is 7.92. The molecule has 0 saturated heterocycles. The first-order chi connectivity index (χ1) is 12.5.